The summed E-state index contributed by atoms with van der Waals surface area (Å²) in [6.07, 6.45) is 38.1. The number of likely N-dealkylation sites (N-methyl/N-ethyl adjacent to an activating group) is 1. The number of rotatable bonds is 40. The first-order valence-electron chi connectivity index (χ1n) is 22.4. The summed E-state index contributed by atoms with van der Waals surface area (Å²) in [5.41, 5.74) is 0. The number of allylic oxidation sites excluding steroid dienone is 2. The van der Waals surface area contributed by atoms with Crippen LogP contribution in [-0.4, -0.2) is 73.6 Å². The van der Waals surface area contributed by atoms with Gasteiger partial charge in [-0.1, -0.05) is 174 Å². The van der Waals surface area contributed by atoms with Gasteiger partial charge < -0.3 is 19.2 Å². The predicted octanol–water partition coefficient (Wildman–Crippen LogP) is 12.6. The molecule has 0 heterocycles. The lowest BCUT2D eigenvalue weighted by Crippen LogP contribution is -2.42. The summed E-state index contributed by atoms with van der Waals surface area (Å²) in [5, 5.41) is 9.90. The van der Waals surface area contributed by atoms with Crippen LogP contribution in [0.3, 0.4) is 0 Å². The lowest BCUT2D eigenvalue weighted by Gasteiger charge is -2.30. The zero-order valence-corrected chi connectivity index (χ0v) is 36.7. The van der Waals surface area contributed by atoms with Crippen LogP contribution in [0.5, 0.6) is 0 Å². The Bertz CT molecular complexity index is 893. The van der Waals surface area contributed by atoms with Gasteiger partial charge in [0.05, 0.1) is 33.7 Å². The predicted molar refractivity (Wildman–Crippen MR) is 224 cm³/mol. The second-order valence-corrected chi connectivity index (χ2v) is 18.1. The Morgan fingerprint density at radius 2 is 0.981 bits per heavy atom. The van der Waals surface area contributed by atoms with Crippen LogP contribution < -0.4 is 0 Å². The lowest BCUT2D eigenvalue weighted by atomic mass is 9.94. The minimum absolute atomic E-state index is 0.213. The van der Waals surface area contributed by atoms with Gasteiger partial charge in [0.15, 0.2) is 0 Å². The number of quaternary nitrogens is 1. The summed E-state index contributed by atoms with van der Waals surface area (Å²) in [6.45, 7) is 6.11. The van der Waals surface area contributed by atoms with Gasteiger partial charge >= 0.3 is 13.8 Å². The van der Waals surface area contributed by atoms with Gasteiger partial charge in [0.1, 0.15) is 25.4 Å². The van der Waals surface area contributed by atoms with Gasteiger partial charge in [-0.25, -0.2) is 4.57 Å². The first kappa shape index (κ1) is 52.2. The van der Waals surface area contributed by atoms with E-state index < -0.39 is 26.6 Å². The average molecular weight is 775 g/mol. The van der Waals surface area contributed by atoms with Crippen LogP contribution in [0.15, 0.2) is 12.2 Å². The Hall–Kier alpha value is -0.760. The molecule has 3 unspecified atom stereocenters. The first-order chi connectivity index (χ1) is 25.5. The Kier molecular flexibility index (Phi) is 35.1. The number of carbonyl (C=O) groups is 1. The zero-order chi connectivity index (χ0) is 39.5. The molecule has 0 fully saturated rings. The molecule has 0 rings (SSSR count). The van der Waals surface area contributed by atoms with Crippen LogP contribution in [0.25, 0.3) is 0 Å². The van der Waals surface area contributed by atoms with Crippen molar-refractivity contribution in [3.05, 3.63) is 12.2 Å². The summed E-state index contributed by atoms with van der Waals surface area (Å²) in [5.74, 6) is -0.514. The molecule has 8 nitrogen and oxygen atoms in total. The van der Waals surface area contributed by atoms with E-state index in [-0.39, 0.29) is 18.5 Å². The minimum atomic E-state index is -4.46. The van der Waals surface area contributed by atoms with Gasteiger partial charge in [0, 0.05) is 0 Å². The molecule has 4 atom stereocenters. The lowest BCUT2D eigenvalue weighted by molar-refractivity contribution is -0.873. The number of aliphatic hydroxyl groups is 1. The molecule has 2 N–H and O–H groups in total. The monoisotopic (exact) mass is 775 g/mol. The number of aliphatic hydroxyl groups excluding tert-OH is 1. The van der Waals surface area contributed by atoms with Crippen LogP contribution in [0.2, 0.25) is 0 Å². The van der Waals surface area contributed by atoms with E-state index in [1.807, 2.05) is 28.1 Å². The molecule has 0 aromatic heterocycles. The Morgan fingerprint density at radius 1 is 0.604 bits per heavy atom. The van der Waals surface area contributed by atoms with E-state index in [1.165, 1.54) is 128 Å². The van der Waals surface area contributed by atoms with Gasteiger partial charge in [-0.15, -0.1) is 0 Å². The highest BCUT2D eigenvalue weighted by atomic mass is 31.2. The molecule has 0 aliphatic rings. The Balaban J connectivity index is 4.70. The molecule has 0 bridgehead atoms. The molecule has 9 heteroatoms. The van der Waals surface area contributed by atoms with E-state index in [9.17, 15) is 19.4 Å². The number of carbonyl (C=O) groups excluding carboxylic acids is 1. The third-order valence-corrected chi connectivity index (χ3v) is 11.3. The molecule has 0 aromatic carbocycles. The van der Waals surface area contributed by atoms with E-state index >= 15 is 0 Å². The van der Waals surface area contributed by atoms with Crippen molar-refractivity contribution >= 4 is 13.8 Å². The van der Waals surface area contributed by atoms with Crippen molar-refractivity contribution in [2.75, 3.05) is 40.9 Å². The second-order valence-electron chi connectivity index (χ2n) is 16.7. The second kappa shape index (κ2) is 35.6. The number of ether oxygens (including phenoxy) is 1. The molecule has 0 radical (unpaired) electrons. The number of hydrogen-bond acceptors (Lipinski definition) is 6. The van der Waals surface area contributed by atoms with Crippen LogP contribution in [0.4, 0.5) is 0 Å². The van der Waals surface area contributed by atoms with E-state index in [1.54, 1.807) is 0 Å². The van der Waals surface area contributed by atoms with E-state index in [4.69, 9.17) is 13.8 Å². The topological polar surface area (TPSA) is 102 Å². The maximum Gasteiger partial charge on any atom is 0.473 e. The molecule has 0 saturated heterocycles. The molecule has 0 aliphatic carbocycles. The van der Waals surface area contributed by atoms with Gasteiger partial charge in [-0.3, -0.25) is 13.8 Å². The smallest absolute Gasteiger partial charge is 0.463 e. The standard InChI is InChI=1S/C44H88NO7P/c1-7-10-12-14-16-18-20-22-24-26-28-30-32-34-36-41(37-35-33-31-29-27-25-23-21-19-17-15-13-11-8-2)44(47)50-40-43(39-46)52-53(48,49)51-42(9-3)38-45(4,5)6/h22,24,41-43,46H,7-21,23,25-40H2,1-6H3/p+1/t41?,42?,43-/m0/s1. The fourth-order valence-corrected chi connectivity index (χ4v) is 8.06. The molecule has 53 heavy (non-hydrogen) atoms. The molecule has 0 aromatic rings. The first-order valence-corrected chi connectivity index (χ1v) is 23.9. The van der Waals surface area contributed by atoms with Crippen molar-refractivity contribution in [2.45, 2.75) is 219 Å². The van der Waals surface area contributed by atoms with Crippen molar-refractivity contribution in [1.29, 1.82) is 0 Å². The largest absolute Gasteiger partial charge is 0.473 e. The summed E-state index contributed by atoms with van der Waals surface area (Å²) >= 11 is 0. The molecule has 0 saturated carbocycles. The number of hydrogen-bond donors (Lipinski definition) is 2. The van der Waals surface area contributed by atoms with Crippen LogP contribution >= 0.6 is 7.82 Å². The number of nitrogens with zero attached hydrogens (tertiary/aromatic N) is 1. The molecule has 0 aliphatic heterocycles. The quantitative estimate of drug-likeness (QED) is 0.0210. The highest BCUT2D eigenvalue weighted by Gasteiger charge is 2.33. The van der Waals surface area contributed by atoms with Crippen molar-refractivity contribution in [3.8, 4) is 0 Å². The highest BCUT2D eigenvalue weighted by Crippen LogP contribution is 2.46. The van der Waals surface area contributed by atoms with Crippen LogP contribution in [0.1, 0.15) is 207 Å². The molecular formula is C44H89NO7P+. The van der Waals surface area contributed by atoms with Gasteiger partial charge in [-0.2, -0.15) is 0 Å². The summed E-state index contributed by atoms with van der Waals surface area (Å²) in [7, 11) is 1.48. The molecule has 0 spiro atoms. The van der Waals surface area contributed by atoms with Crippen molar-refractivity contribution < 1.29 is 37.6 Å². The third-order valence-electron chi connectivity index (χ3n) is 10.2. The number of unbranched alkanes of at least 4 members (excludes halogenated alkanes) is 23. The SMILES string of the molecule is CCCCCCCCC=CCCCCCCC(CCCCCCCCCCCCCCCC)C(=O)OC[C@H](CO)OP(=O)(O)OC(CC)C[N+](C)(C)C. The Labute approximate surface area is 328 Å². The third kappa shape index (κ3) is 35.4. The van der Waals surface area contributed by atoms with Crippen molar-refractivity contribution in [2.24, 2.45) is 5.92 Å². The van der Waals surface area contributed by atoms with Crippen LogP contribution in [0, 0.1) is 5.92 Å². The highest BCUT2D eigenvalue weighted by molar-refractivity contribution is 7.47. The van der Waals surface area contributed by atoms with Crippen LogP contribution in [-0.2, 0) is 23.1 Å². The van der Waals surface area contributed by atoms with E-state index in [0.29, 0.717) is 17.4 Å². The maximum absolute atomic E-state index is 13.3. The number of phosphoric ester groups is 1. The van der Waals surface area contributed by atoms with E-state index in [2.05, 4.69) is 26.0 Å². The van der Waals surface area contributed by atoms with Gasteiger partial charge in [0.2, 0.25) is 0 Å². The minimum Gasteiger partial charge on any atom is -0.463 e. The zero-order valence-electron chi connectivity index (χ0n) is 35.8. The number of esters is 1. The average Bonchev–Trinajstić information content (AvgIpc) is 3.11. The van der Waals surface area contributed by atoms with E-state index in [0.717, 1.165) is 51.4 Å². The van der Waals surface area contributed by atoms with Gasteiger partial charge in [0.25, 0.3) is 0 Å². The van der Waals surface area contributed by atoms with Crippen molar-refractivity contribution in [3.63, 3.8) is 0 Å². The Morgan fingerprint density at radius 3 is 1.36 bits per heavy atom. The summed E-state index contributed by atoms with van der Waals surface area (Å²) in [4.78, 5) is 23.7. The summed E-state index contributed by atoms with van der Waals surface area (Å²) < 4.78 is 29.7. The fraction of sp³-hybridized carbons (Fsp3) is 0.932. The normalized spacial score (nSPS) is 15.1. The van der Waals surface area contributed by atoms with Crippen molar-refractivity contribution in [1.82, 2.24) is 0 Å². The summed E-state index contributed by atoms with van der Waals surface area (Å²) in [6, 6.07) is 0. The van der Waals surface area contributed by atoms with Gasteiger partial charge in [-0.05, 0) is 44.9 Å². The molecular weight excluding hydrogens is 685 g/mol. The number of phosphoric acid groups is 1. The maximum atomic E-state index is 13.3. The molecule has 316 valence electrons. The molecule has 0 amide bonds. The fourth-order valence-electron chi connectivity index (χ4n) is 6.91.